The molecule has 0 atom stereocenters. The van der Waals surface area contributed by atoms with Gasteiger partial charge in [0.05, 0.1) is 4.90 Å². The van der Waals surface area contributed by atoms with Gasteiger partial charge in [-0.2, -0.15) is 0 Å². The maximum absolute atomic E-state index is 13.1. The number of carbonyl (C=O) groups excluding carboxylic acids is 1. The van der Waals surface area contributed by atoms with Crippen LogP contribution in [0.25, 0.3) is 21.8 Å². The normalized spacial score (nSPS) is 11.8. The molecule has 0 spiro atoms. The Morgan fingerprint density at radius 2 is 1.22 bits per heavy atom. The number of nitrogens with zero attached hydrogens (tertiary/aromatic N) is 2. The number of nitrogens with two attached hydrogens (primary N) is 1. The molecule has 6 rings (SSSR count). The first-order valence-corrected chi connectivity index (χ1v) is 17.7. The maximum atomic E-state index is 13.1. The predicted octanol–water partition coefficient (Wildman–Crippen LogP) is 6.55. The van der Waals surface area contributed by atoms with E-state index in [1.54, 1.807) is 12.1 Å². The van der Waals surface area contributed by atoms with Crippen molar-refractivity contribution in [2.45, 2.75) is 36.0 Å². The number of fused-ring (bicyclic) bond motifs is 3. The van der Waals surface area contributed by atoms with Crippen LogP contribution in [0.2, 0.25) is 0 Å². The van der Waals surface area contributed by atoms with Crippen molar-refractivity contribution in [3.05, 3.63) is 144 Å². The Morgan fingerprint density at radius 3 is 1.80 bits per heavy atom. The predicted molar refractivity (Wildman–Crippen MR) is 187 cm³/mol. The largest absolute Gasteiger partial charge is 0.350 e. The quantitative estimate of drug-likeness (QED) is 0.139. The lowest BCUT2D eigenvalue weighted by molar-refractivity contribution is -0.121. The van der Waals surface area contributed by atoms with E-state index in [2.05, 4.69) is 75.4 Å². The van der Waals surface area contributed by atoms with Crippen LogP contribution in [0, 0.1) is 0 Å². The molecule has 0 bridgehead atoms. The number of aromatic nitrogens is 1. The highest BCUT2D eigenvalue weighted by atomic mass is 32.2. The van der Waals surface area contributed by atoms with Crippen LogP contribution in [0.4, 0.5) is 0 Å². The molecule has 0 radical (unpaired) electrons. The second-order valence-electron chi connectivity index (χ2n) is 11.3. The fourth-order valence-electron chi connectivity index (χ4n) is 5.66. The van der Waals surface area contributed by atoms with Gasteiger partial charge in [-0.15, -0.1) is 11.8 Å². The summed E-state index contributed by atoms with van der Waals surface area (Å²) in [6, 6.07) is 41.8. The summed E-state index contributed by atoms with van der Waals surface area (Å²) in [4.78, 5) is 16.7. The van der Waals surface area contributed by atoms with Crippen molar-refractivity contribution in [2.75, 3.05) is 12.3 Å². The van der Waals surface area contributed by atoms with Crippen molar-refractivity contribution in [3.63, 3.8) is 0 Å². The molecular weight excluding hydrogens is 613 g/mol. The zero-order valence-electron chi connectivity index (χ0n) is 25.4. The van der Waals surface area contributed by atoms with Gasteiger partial charge in [-0.25, -0.2) is 13.6 Å². The van der Waals surface area contributed by atoms with Gasteiger partial charge in [0.2, 0.25) is 15.9 Å². The lowest BCUT2D eigenvalue weighted by atomic mass is 10.1. The summed E-state index contributed by atoms with van der Waals surface area (Å²) in [6.45, 7) is 2.94. The molecule has 3 N–H and O–H groups in total. The van der Waals surface area contributed by atoms with E-state index in [0.29, 0.717) is 13.1 Å². The Morgan fingerprint density at radius 1 is 0.696 bits per heavy atom. The average molecular weight is 649 g/mol. The molecule has 5 aromatic carbocycles. The van der Waals surface area contributed by atoms with E-state index in [1.165, 1.54) is 4.90 Å². The Kier molecular flexibility index (Phi) is 9.85. The standard InChI is InChI=1S/C37H36N4O3S2/c38-46(43,44)32-20-18-30(19-21-32)26-40(22-23-45-31-8-2-1-3-9-31)25-29-16-14-28(15-17-29)24-39-37(42)27-41-35-12-6-4-10-33(35)34-11-5-7-13-36(34)41/h1-21H,22-27H2,(H,39,42)(H2,38,43,44). The SMILES string of the molecule is NS(=O)(=O)c1ccc(CN(CCSc2ccccc2)Cc2ccc(CNC(=O)Cn3c4ccccc4c4ccccc43)cc2)cc1. The topological polar surface area (TPSA) is 97.4 Å². The van der Waals surface area contributed by atoms with Gasteiger partial charge in [0.25, 0.3) is 0 Å². The van der Waals surface area contributed by atoms with Gasteiger partial charge in [-0.05, 0) is 53.1 Å². The lowest BCUT2D eigenvalue weighted by Crippen LogP contribution is -2.27. The third-order valence-electron chi connectivity index (χ3n) is 7.98. The van der Waals surface area contributed by atoms with Crippen LogP contribution in [-0.2, 0) is 41.0 Å². The van der Waals surface area contributed by atoms with Crippen LogP contribution in [0.1, 0.15) is 16.7 Å². The highest BCUT2D eigenvalue weighted by Crippen LogP contribution is 2.28. The maximum Gasteiger partial charge on any atom is 0.240 e. The molecule has 1 heterocycles. The summed E-state index contributed by atoms with van der Waals surface area (Å²) in [6.07, 6.45) is 0. The van der Waals surface area contributed by atoms with Crippen LogP contribution in [0.3, 0.4) is 0 Å². The van der Waals surface area contributed by atoms with E-state index in [1.807, 2.05) is 66.4 Å². The summed E-state index contributed by atoms with van der Waals surface area (Å²) in [7, 11) is -3.73. The number of para-hydroxylation sites is 2. The van der Waals surface area contributed by atoms with Crippen LogP contribution >= 0.6 is 11.8 Å². The Bertz CT molecular complexity index is 1990. The van der Waals surface area contributed by atoms with Crippen molar-refractivity contribution in [1.29, 1.82) is 0 Å². The number of hydrogen-bond donors (Lipinski definition) is 2. The van der Waals surface area contributed by atoms with Crippen molar-refractivity contribution >= 4 is 49.5 Å². The number of carbonyl (C=O) groups is 1. The lowest BCUT2D eigenvalue weighted by Gasteiger charge is -2.23. The second kappa shape index (κ2) is 14.3. The van der Waals surface area contributed by atoms with E-state index in [-0.39, 0.29) is 17.3 Å². The van der Waals surface area contributed by atoms with Gasteiger partial charge in [-0.1, -0.05) is 91.0 Å². The molecule has 7 nitrogen and oxygen atoms in total. The highest BCUT2D eigenvalue weighted by molar-refractivity contribution is 7.99. The molecule has 0 saturated carbocycles. The molecule has 0 aliphatic heterocycles. The number of benzene rings is 5. The van der Waals surface area contributed by atoms with E-state index in [0.717, 1.165) is 57.3 Å². The summed E-state index contributed by atoms with van der Waals surface area (Å²) >= 11 is 1.81. The van der Waals surface area contributed by atoms with Crippen molar-refractivity contribution < 1.29 is 13.2 Å². The number of rotatable bonds is 13. The Labute approximate surface area is 274 Å². The summed E-state index contributed by atoms with van der Waals surface area (Å²) in [5.41, 5.74) is 5.31. The summed E-state index contributed by atoms with van der Waals surface area (Å²) in [5, 5.41) is 10.7. The molecule has 1 amide bonds. The number of amides is 1. The number of hydrogen-bond acceptors (Lipinski definition) is 5. The molecule has 0 unspecified atom stereocenters. The van der Waals surface area contributed by atoms with E-state index in [9.17, 15) is 13.2 Å². The molecule has 6 aromatic rings. The van der Waals surface area contributed by atoms with Crippen molar-refractivity contribution in [2.24, 2.45) is 5.14 Å². The Hall–Kier alpha value is -4.41. The molecule has 0 aliphatic carbocycles. The Balaban J connectivity index is 1.08. The first-order chi connectivity index (χ1) is 22.3. The third-order valence-corrected chi connectivity index (χ3v) is 9.90. The fraction of sp³-hybridized carbons (Fsp3) is 0.162. The van der Waals surface area contributed by atoms with Gasteiger partial charge in [-0.3, -0.25) is 9.69 Å². The van der Waals surface area contributed by atoms with Crippen LogP contribution in [-0.4, -0.2) is 36.1 Å². The zero-order valence-corrected chi connectivity index (χ0v) is 27.0. The number of sulfonamides is 1. The molecule has 0 fully saturated rings. The van der Waals surface area contributed by atoms with E-state index < -0.39 is 10.0 Å². The fourth-order valence-corrected chi connectivity index (χ4v) is 7.11. The minimum absolute atomic E-state index is 0.0360. The molecule has 1 aromatic heterocycles. The van der Waals surface area contributed by atoms with Gasteiger partial charge in [0.15, 0.2) is 0 Å². The molecule has 46 heavy (non-hydrogen) atoms. The molecule has 0 aliphatic rings. The minimum Gasteiger partial charge on any atom is -0.350 e. The average Bonchev–Trinajstić information content (AvgIpc) is 3.38. The van der Waals surface area contributed by atoms with Crippen molar-refractivity contribution in [3.8, 4) is 0 Å². The van der Waals surface area contributed by atoms with Gasteiger partial charge >= 0.3 is 0 Å². The minimum atomic E-state index is -3.73. The van der Waals surface area contributed by atoms with Gasteiger partial charge in [0, 0.05) is 58.6 Å². The van der Waals surface area contributed by atoms with Crippen molar-refractivity contribution in [1.82, 2.24) is 14.8 Å². The molecule has 0 saturated heterocycles. The monoisotopic (exact) mass is 648 g/mol. The molecule has 9 heteroatoms. The third kappa shape index (κ3) is 7.86. The van der Waals surface area contributed by atoms with Gasteiger partial charge in [0.1, 0.15) is 6.54 Å². The summed E-state index contributed by atoms with van der Waals surface area (Å²) in [5.74, 6) is 0.876. The molecular formula is C37H36N4O3S2. The first kappa shape index (κ1) is 31.6. The number of nitrogens with one attached hydrogen (secondary N) is 1. The van der Waals surface area contributed by atoms with E-state index >= 15 is 0 Å². The number of primary sulfonamides is 1. The smallest absolute Gasteiger partial charge is 0.240 e. The van der Waals surface area contributed by atoms with Crippen LogP contribution in [0.5, 0.6) is 0 Å². The van der Waals surface area contributed by atoms with Crippen LogP contribution < -0.4 is 10.5 Å². The second-order valence-corrected chi connectivity index (χ2v) is 14.0. The highest BCUT2D eigenvalue weighted by Gasteiger charge is 2.14. The number of thioether (sulfide) groups is 1. The summed E-state index contributed by atoms with van der Waals surface area (Å²) < 4.78 is 25.5. The van der Waals surface area contributed by atoms with Crippen LogP contribution in [0.15, 0.2) is 137 Å². The zero-order chi connectivity index (χ0) is 31.9. The van der Waals surface area contributed by atoms with E-state index in [4.69, 9.17) is 5.14 Å². The van der Waals surface area contributed by atoms with Gasteiger partial charge < -0.3 is 9.88 Å². The first-order valence-electron chi connectivity index (χ1n) is 15.2. The molecule has 234 valence electrons.